The topological polar surface area (TPSA) is 69.8 Å². The lowest BCUT2D eigenvalue weighted by atomic mass is 10.1. The molecule has 3 aromatic heterocycles. The molecular formula is C15H11N5S. The summed E-state index contributed by atoms with van der Waals surface area (Å²) in [7, 11) is 0. The fraction of sp³-hybridized carbons (Fsp3) is 0.133. The maximum absolute atomic E-state index is 9.16. The summed E-state index contributed by atoms with van der Waals surface area (Å²) < 4.78 is 1.64. The van der Waals surface area contributed by atoms with E-state index in [-0.39, 0.29) is 0 Å². The van der Waals surface area contributed by atoms with Crippen LogP contribution >= 0.6 is 11.3 Å². The number of aryl methyl sites for hydroxylation is 1. The summed E-state index contributed by atoms with van der Waals surface area (Å²) in [5, 5.41) is 15.9. The van der Waals surface area contributed by atoms with E-state index in [1.807, 2.05) is 25.3 Å². The van der Waals surface area contributed by atoms with Gasteiger partial charge in [-0.15, -0.1) is 0 Å². The predicted octanol–water partition coefficient (Wildman–Crippen LogP) is 3.04. The number of hydrogen-bond acceptors (Lipinski definition) is 4. The standard InChI is InChI=1S/C15H11N5S/c1-9-13(7-16)20-15(18-9)21-14(19-20)6-10-8-17-12-5-3-2-4-11(10)12/h2-5,8,17H,6H2,1H3. The maximum atomic E-state index is 9.16. The van der Waals surface area contributed by atoms with Gasteiger partial charge in [0.2, 0.25) is 4.96 Å². The van der Waals surface area contributed by atoms with Crippen LogP contribution in [0.2, 0.25) is 0 Å². The first-order valence-corrected chi connectivity index (χ1v) is 7.38. The number of para-hydroxylation sites is 1. The molecule has 6 heteroatoms. The minimum Gasteiger partial charge on any atom is -0.361 e. The Labute approximate surface area is 124 Å². The van der Waals surface area contributed by atoms with Gasteiger partial charge in [0.15, 0.2) is 5.69 Å². The molecular weight excluding hydrogens is 282 g/mol. The largest absolute Gasteiger partial charge is 0.361 e. The molecule has 0 aliphatic heterocycles. The molecule has 0 aliphatic rings. The molecule has 4 rings (SSSR count). The van der Waals surface area contributed by atoms with E-state index in [2.05, 4.69) is 33.3 Å². The number of H-pyrrole nitrogens is 1. The molecule has 0 bridgehead atoms. The van der Waals surface area contributed by atoms with E-state index >= 15 is 0 Å². The third-order valence-electron chi connectivity index (χ3n) is 3.54. The van der Waals surface area contributed by atoms with Gasteiger partial charge in [-0.2, -0.15) is 14.9 Å². The smallest absolute Gasteiger partial charge is 0.213 e. The van der Waals surface area contributed by atoms with E-state index in [0.29, 0.717) is 5.69 Å². The third-order valence-corrected chi connectivity index (χ3v) is 4.45. The lowest BCUT2D eigenvalue weighted by molar-refractivity contribution is 0.907. The van der Waals surface area contributed by atoms with Gasteiger partial charge < -0.3 is 4.98 Å². The molecule has 0 radical (unpaired) electrons. The van der Waals surface area contributed by atoms with Crippen molar-refractivity contribution >= 4 is 27.2 Å². The molecule has 1 N–H and O–H groups in total. The van der Waals surface area contributed by atoms with Crippen LogP contribution in [0.1, 0.15) is 22.0 Å². The zero-order chi connectivity index (χ0) is 14.4. The molecule has 3 heterocycles. The molecule has 0 amide bonds. The summed E-state index contributed by atoms with van der Waals surface area (Å²) in [6.45, 7) is 1.83. The van der Waals surface area contributed by atoms with Gasteiger partial charge in [0.05, 0.1) is 5.69 Å². The fourth-order valence-electron chi connectivity index (χ4n) is 2.53. The van der Waals surface area contributed by atoms with Crippen LogP contribution in [-0.4, -0.2) is 19.6 Å². The first kappa shape index (κ1) is 12.1. The first-order valence-electron chi connectivity index (χ1n) is 6.56. The Balaban J connectivity index is 1.78. The Morgan fingerprint density at radius 1 is 1.38 bits per heavy atom. The van der Waals surface area contributed by atoms with Crippen molar-refractivity contribution in [1.29, 1.82) is 5.26 Å². The lowest BCUT2D eigenvalue weighted by Crippen LogP contribution is -1.93. The Morgan fingerprint density at radius 2 is 2.24 bits per heavy atom. The number of fused-ring (bicyclic) bond motifs is 2. The number of imidazole rings is 1. The third kappa shape index (κ3) is 1.82. The van der Waals surface area contributed by atoms with Gasteiger partial charge in [0, 0.05) is 23.5 Å². The molecule has 0 fully saturated rings. The zero-order valence-corrected chi connectivity index (χ0v) is 12.1. The fourth-order valence-corrected chi connectivity index (χ4v) is 3.49. The summed E-state index contributed by atoms with van der Waals surface area (Å²) in [6, 6.07) is 10.4. The summed E-state index contributed by atoms with van der Waals surface area (Å²) in [5.41, 5.74) is 3.58. The number of hydrogen-bond donors (Lipinski definition) is 1. The molecule has 4 aromatic rings. The molecule has 0 atom stereocenters. The molecule has 1 aromatic carbocycles. The zero-order valence-electron chi connectivity index (χ0n) is 11.3. The SMILES string of the molecule is Cc1nc2sc(Cc3c[nH]c4ccccc34)nn2c1C#N. The van der Waals surface area contributed by atoms with Gasteiger partial charge in [-0.25, -0.2) is 4.98 Å². The van der Waals surface area contributed by atoms with Crippen molar-refractivity contribution in [2.45, 2.75) is 13.3 Å². The number of aromatic amines is 1. The summed E-state index contributed by atoms with van der Waals surface area (Å²) in [5.74, 6) is 0. The minimum absolute atomic E-state index is 0.520. The highest BCUT2D eigenvalue weighted by atomic mass is 32.1. The summed E-state index contributed by atoms with van der Waals surface area (Å²) >= 11 is 1.53. The number of aromatic nitrogens is 4. The molecule has 0 saturated heterocycles. The average molecular weight is 293 g/mol. The van der Waals surface area contributed by atoms with E-state index < -0.39 is 0 Å². The Morgan fingerprint density at radius 3 is 3.10 bits per heavy atom. The van der Waals surface area contributed by atoms with Crippen LogP contribution in [0.3, 0.4) is 0 Å². The van der Waals surface area contributed by atoms with Crippen molar-refractivity contribution in [3.8, 4) is 6.07 Å². The van der Waals surface area contributed by atoms with E-state index in [1.165, 1.54) is 22.3 Å². The molecule has 0 saturated carbocycles. The Bertz CT molecular complexity index is 998. The predicted molar refractivity (Wildman–Crippen MR) is 81.4 cm³/mol. The molecule has 21 heavy (non-hydrogen) atoms. The molecule has 102 valence electrons. The van der Waals surface area contributed by atoms with Crippen LogP contribution in [0.4, 0.5) is 0 Å². The van der Waals surface area contributed by atoms with Crippen LogP contribution in [0.25, 0.3) is 15.9 Å². The number of nitrogens with one attached hydrogen (secondary N) is 1. The summed E-state index contributed by atoms with van der Waals surface area (Å²) in [6.07, 6.45) is 2.76. The summed E-state index contributed by atoms with van der Waals surface area (Å²) in [4.78, 5) is 8.43. The van der Waals surface area contributed by atoms with Crippen LogP contribution in [0.5, 0.6) is 0 Å². The van der Waals surface area contributed by atoms with Crippen LogP contribution in [-0.2, 0) is 6.42 Å². The molecule has 0 aliphatic carbocycles. The van der Waals surface area contributed by atoms with E-state index in [1.54, 1.807) is 4.52 Å². The highest BCUT2D eigenvalue weighted by molar-refractivity contribution is 7.16. The monoisotopic (exact) mass is 293 g/mol. The maximum Gasteiger partial charge on any atom is 0.213 e. The Kier molecular flexibility index (Phi) is 2.56. The minimum atomic E-state index is 0.520. The van der Waals surface area contributed by atoms with E-state index in [4.69, 9.17) is 5.26 Å². The van der Waals surface area contributed by atoms with Gasteiger partial charge in [-0.3, -0.25) is 0 Å². The van der Waals surface area contributed by atoms with Crippen molar-refractivity contribution in [3.05, 3.63) is 52.4 Å². The Hall–Kier alpha value is -2.65. The molecule has 0 unspecified atom stereocenters. The van der Waals surface area contributed by atoms with Gasteiger partial charge in [0.25, 0.3) is 0 Å². The average Bonchev–Trinajstić information content (AvgIpc) is 3.12. The molecule has 5 nitrogen and oxygen atoms in total. The second kappa shape index (κ2) is 4.43. The highest BCUT2D eigenvalue weighted by Crippen LogP contribution is 2.24. The van der Waals surface area contributed by atoms with Crippen LogP contribution < -0.4 is 0 Å². The van der Waals surface area contributed by atoms with Crippen molar-refractivity contribution < 1.29 is 0 Å². The van der Waals surface area contributed by atoms with Gasteiger partial charge in [-0.05, 0) is 18.6 Å². The van der Waals surface area contributed by atoms with Crippen molar-refractivity contribution in [1.82, 2.24) is 19.6 Å². The van der Waals surface area contributed by atoms with Gasteiger partial charge in [-0.1, -0.05) is 29.5 Å². The lowest BCUT2D eigenvalue weighted by Gasteiger charge is -1.95. The quantitative estimate of drug-likeness (QED) is 0.617. The van der Waals surface area contributed by atoms with E-state index in [9.17, 15) is 0 Å². The van der Waals surface area contributed by atoms with Crippen LogP contribution in [0, 0.1) is 18.3 Å². The highest BCUT2D eigenvalue weighted by Gasteiger charge is 2.14. The van der Waals surface area contributed by atoms with Crippen molar-refractivity contribution in [2.24, 2.45) is 0 Å². The number of rotatable bonds is 2. The second-order valence-electron chi connectivity index (χ2n) is 4.88. The number of benzene rings is 1. The number of nitriles is 1. The van der Waals surface area contributed by atoms with Crippen LogP contribution in [0.15, 0.2) is 30.5 Å². The van der Waals surface area contributed by atoms with Crippen molar-refractivity contribution in [2.75, 3.05) is 0 Å². The number of nitrogens with zero attached hydrogens (tertiary/aromatic N) is 4. The van der Waals surface area contributed by atoms with Crippen molar-refractivity contribution in [3.63, 3.8) is 0 Å². The molecule has 0 spiro atoms. The first-order chi connectivity index (χ1) is 10.3. The normalized spacial score (nSPS) is 11.2. The van der Waals surface area contributed by atoms with Gasteiger partial charge in [0.1, 0.15) is 11.1 Å². The van der Waals surface area contributed by atoms with Gasteiger partial charge >= 0.3 is 0 Å². The van der Waals surface area contributed by atoms with E-state index in [0.717, 1.165) is 27.6 Å². The second-order valence-corrected chi connectivity index (χ2v) is 5.92.